The van der Waals surface area contributed by atoms with Crippen molar-refractivity contribution in [1.82, 2.24) is 5.32 Å². The third-order valence-electron chi connectivity index (χ3n) is 4.35. The number of hydrogen-bond acceptors (Lipinski definition) is 3. The Hall–Kier alpha value is -2.27. The highest BCUT2D eigenvalue weighted by Gasteiger charge is 2.34. The predicted octanol–water partition coefficient (Wildman–Crippen LogP) is 4.98. The van der Waals surface area contributed by atoms with Crippen LogP contribution in [-0.2, 0) is 0 Å². The molecule has 138 valence electrons. The topological polar surface area (TPSA) is 42.5 Å². The minimum atomic E-state index is -0.241. The standard InChI is InChI=1S/C21H26N2O2S/c1-5-24-16-9-7-15(8-10-16)22-20(26)23-18-13-21(3,4)25-19-11-6-14(2)12-17(18)19/h6-12,18H,5,13H2,1-4H3,(H2,22,23,26)/t18-/m0/s1. The molecule has 0 aliphatic carbocycles. The quantitative estimate of drug-likeness (QED) is 0.743. The van der Waals surface area contributed by atoms with Crippen LogP contribution in [0.5, 0.6) is 11.5 Å². The Morgan fingerprint density at radius 3 is 2.65 bits per heavy atom. The Labute approximate surface area is 160 Å². The van der Waals surface area contributed by atoms with Gasteiger partial charge < -0.3 is 20.1 Å². The van der Waals surface area contributed by atoms with Crippen molar-refractivity contribution in [2.75, 3.05) is 11.9 Å². The summed E-state index contributed by atoms with van der Waals surface area (Å²) in [6, 6.07) is 14.2. The minimum absolute atomic E-state index is 0.108. The van der Waals surface area contributed by atoms with Crippen LogP contribution in [0.2, 0.25) is 0 Å². The highest BCUT2D eigenvalue weighted by atomic mass is 32.1. The Bertz CT molecular complexity index is 787. The lowest BCUT2D eigenvalue weighted by Crippen LogP contribution is -2.42. The first-order chi connectivity index (χ1) is 12.4. The fraction of sp³-hybridized carbons (Fsp3) is 0.381. The van der Waals surface area contributed by atoms with Crippen molar-refractivity contribution in [3.05, 3.63) is 53.6 Å². The molecule has 1 aliphatic rings. The van der Waals surface area contributed by atoms with Gasteiger partial charge >= 0.3 is 0 Å². The van der Waals surface area contributed by atoms with Crippen LogP contribution in [0.25, 0.3) is 0 Å². The number of benzene rings is 2. The molecule has 2 N–H and O–H groups in total. The molecule has 0 unspecified atom stereocenters. The molecule has 2 aromatic rings. The maximum atomic E-state index is 6.12. The van der Waals surface area contributed by atoms with Gasteiger partial charge in [0.25, 0.3) is 0 Å². The van der Waals surface area contributed by atoms with Crippen LogP contribution in [0.15, 0.2) is 42.5 Å². The van der Waals surface area contributed by atoms with Crippen LogP contribution in [0.1, 0.15) is 44.4 Å². The van der Waals surface area contributed by atoms with Gasteiger partial charge in [-0.2, -0.15) is 0 Å². The Kier molecular flexibility index (Phi) is 5.37. The zero-order chi connectivity index (χ0) is 18.7. The molecule has 0 amide bonds. The van der Waals surface area contributed by atoms with Crippen molar-refractivity contribution < 1.29 is 9.47 Å². The highest BCUT2D eigenvalue weighted by Crippen LogP contribution is 2.39. The first kappa shape index (κ1) is 18.5. The second-order valence-electron chi connectivity index (χ2n) is 7.22. The number of nitrogens with one attached hydrogen (secondary N) is 2. The second kappa shape index (κ2) is 7.54. The molecule has 0 radical (unpaired) electrons. The highest BCUT2D eigenvalue weighted by molar-refractivity contribution is 7.80. The van der Waals surface area contributed by atoms with Gasteiger partial charge in [0.1, 0.15) is 17.1 Å². The molecule has 5 heteroatoms. The monoisotopic (exact) mass is 370 g/mol. The predicted molar refractivity (Wildman–Crippen MR) is 110 cm³/mol. The van der Waals surface area contributed by atoms with Gasteiger partial charge in [-0.15, -0.1) is 0 Å². The van der Waals surface area contributed by atoms with Gasteiger partial charge in [0, 0.05) is 17.7 Å². The van der Waals surface area contributed by atoms with E-state index >= 15 is 0 Å². The molecule has 3 rings (SSSR count). The van der Waals surface area contributed by atoms with Gasteiger partial charge in [-0.25, -0.2) is 0 Å². The molecule has 2 aromatic carbocycles. The molecule has 1 heterocycles. The average Bonchev–Trinajstić information content (AvgIpc) is 2.57. The van der Waals surface area contributed by atoms with Crippen molar-refractivity contribution in [2.24, 2.45) is 0 Å². The maximum absolute atomic E-state index is 6.12. The number of hydrogen-bond donors (Lipinski definition) is 2. The van der Waals surface area contributed by atoms with E-state index in [-0.39, 0.29) is 11.6 Å². The lowest BCUT2D eigenvalue weighted by molar-refractivity contribution is 0.0696. The molecule has 1 atom stereocenters. The third kappa shape index (κ3) is 4.47. The third-order valence-corrected chi connectivity index (χ3v) is 4.57. The molecular weight excluding hydrogens is 344 g/mol. The normalized spacial score (nSPS) is 17.6. The van der Waals surface area contributed by atoms with Gasteiger partial charge in [-0.05, 0) is 70.2 Å². The molecule has 1 aliphatic heterocycles. The lowest BCUT2D eigenvalue weighted by Gasteiger charge is -2.38. The average molecular weight is 371 g/mol. The van der Waals surface area contributed by atoms with Crippen molar-refractivity contribution in [3.8, 4) is 11.5 Å². The van der Waals surface area contributed by atoms with Crippen LogP contribution in [-0.4, -0.2) is 17.3 Å². The summed E-state index contributed by atoms with van der Waals surface area (Å²) in [4.78, 5) is 0. The fourth-order valence-electron chi connectivity index (χ4n) is 3.23. The molecule has 0 aromatic heterocycles. The van der Waals surface area contributed by atoms with Crippen LogP contribution < -0.4 is 20.1 Å². The summed E-state index contributed by atoms with van der Waals surface area (Å²) in [5.41, 5.74) is 3.06. The summed E-state index contributed by atoms with van der Waals surface area (Å²) in [6.45, 7) is 8.93. The van der Waals surface area contributed by atoms with Gasteiger partial charge in [-0.3, -0.25) is 0 Å². The largest absolute Gasteiger partial charge is 0.494 e. The zero-order valence-corrected chi connectivity index (χ0v) is 16.6. The van der Waals surface area contributed by atoms with E-state index < -0.39 is 0 Å². The van der Waals surface area contributed by atoms with Gasteiger partial charge in [-0.1, -0.05) is 17.7 Å². The summed E-state index contributed by atoms with van der Waals surface area (Å²) in [7, 11) is 0. The Balaban J connectivity index is 1.71. The molecular formula is C21H26N2O2S. The molecule has 0 fully saturated rings. The molecule has 0 bridgehead atoms. The van der Waals surface area contributed by atoms with Crippen molar-refractivity contribution in [3.63, 3.8) is 0 Å². The summed E-state index contributed by atoms with van der Waals surface area (Å²) < 4.78 is 11.6. The van der Waals surface area contributed by atoms with E-state index in [0.717, 1.165) is 29.2 Å². The van der Waals surface area contributed by atoms with E-state index in [9.17, 15) is 0 Å². The minimum Gasteiger partial charge on any atom is -0.494 e. The van der Waals surface area contributed by atoms with Gasteiger partial charge in [0.15, 0.2) is 5.11 Å². The van der Waals surface area contributed by atoms with E-state index in [1.165, 1.54) is 5.56 Å². The maximum Gasteiger partial charge on any atom is 0.171 e. The number of rotatable bonds is 4. The second-order valence-corrected chi connectivity index (χ2v) is 7.62. The Morgan fingerprint density at radius 1 is 1.23 bits per heavy atom. The Morgan fingerprint density at radius 2 is 1.96 bits per heavy atom. The molecule has 0 saturated carbocycles. The van der Waals surface area contributed by atoms with E-state index in [1.54, 1.807) is 0 Å². The van der Waals surface area contributed by atoms with Crippen LogP contribution in [0, 0.1) is 6.92 Å². The number of anilines is 1. The zero-order valence-electron chi connectivity index (χ0n) is 15.8. The number of fused-ring (bicyclic) bond motifs is 1. The van der Waals surface area contributed by atoms with E-state index in [1.807, 2.05) is 37.3 Å². The van der Waals surface area contributed by atoms with E-state index in [4.69, 9.17) is 21.7 Å². The van der Waals surface area contributed by atoms with Crippen LogP contribution in [0.3, 0.4) is 0 Å². The number of ether oxygens (including phenoxy) is 2. The van der Waals surface area contributed by atoms with Crippen LogP contribution in [0.4, 0.5) is 5.69 Å². The van der Waals surface area contributed by atoms with Crippen LogP contribution >= 0.6 is 12.2 Å². The molecule has 26 heavy (non-hydrogen) atoms. The molecule has 0 spiro atoms. The lowest BCUT2D eigenvalue weighted by atomic mass is 9.89. The fourth-order valence-corrected chi connectivity index (χ4v) is 3.49. The molecule has 4 nitrogen and oxygen atoms in total. The van der Waals surface area contributed by atoms with E-state index in [2.05, 4.69) is 43.5 Å². The summed E-state index contributed by atoms with van der Waals surface area (Å²) >= 11 is 5.54. The van der Waals surface area contributed by atoms with Crippen molar-refractivity contribution in [2.45, 2.75) is 45.8 Å². The van der Waals surface area contributed by atoms with Crippen molar-refractivity contribution >= 4 is 23.0 Å². The van der Waals surface area contributed by atoms with Gasteiger partial charge in [0.05, 0.1) is 12.6 Å². The first-order valence-corrected chi connectivity index (χ1v) is 9.37. The summed E-state index contributed by atoms with van der Waals surface area (Å²) in [5.74, 6) is 1.78. The number of thiocarbonyl (C=S) groups is 1. The number of aryl methyl sites for hydroxylation is 1. The summed E-state index contributed by atoms with van der Waals surface area (Å²) in [6.07, 6.45) is 0.842. The van der Waals surface area contributed by atoms with Gasteiger partial charge in [0.2, 0.25) is 0 Å². The summed E-state index contributed by atoms with van der Waals surface area (Å²) in [5, 5.41) is 7.31. The SMILES string of the molecule is CCOc1ccc(NC(=S)N[C@H]2CC(C)(C)Oc3ccc(C)cc32)cc1. The molecule has 0 saturated heterocycles. The first-order valence-electron chi connectivity index (χ1n) is 8.96. The van der Waals surface area contributed by atoms with E-state index in [0.29, 0.717) is 11.7 Å². The smallest absolute Gasteiger partial charge is 0.171 e. The van der Waals surface area contributed by atoms with Crippen molar-refractivity contribution in [1.29, 1.82) is 0 Å².